The molecule has 0 spiro atoms. The van der Waals surface area contributed by atoms with Crippen molar-refractivity contribution in [2.24, 2.45) is 0 Å². The minimum atomic E-state index is -0.642. The van der Waals surface area contributed by atoms with Crippen LogP contribution in [0.5, 0.6) is 0 Å². The molecule has 0 radical (unpaired) electrons. The number of nitrogens with one attached hydrogen (secondary N) is 1. The quantitative estimate of drug-likeness (QED) is 0.864. The maximum Gasteiger partial charge on any atom is 0.328 e. The highest BCUT2D eigenvalue weighted by atomic mass is 79.9. The van der Waals surface area contributed by atoms with Crippen LogP contribution in [0.2, 0.25) is 0 Å². The molecule has 0 saturated heterocycles. The Balaban J connectivity index is 2.64. The normalized spacial score (nSPS) is 11.9. The maximum absolute atomic E-state index is 11.6. The molecule has 0 aromatic carbocycles. The zero-order valence-corrected chi connectivity index (χ0v) is 10.6. The molecular formula is C9H10BrNO3S. The van der Waals surface area contributed by atoms with Crippen molar-refractivity contribution in [3.8, 4) is 0 Å². The van der Waals surface area contributed by atoms with Gasteiger partial charge in [0.05, 0.1) is 7.11 Å². The van der Waals surface area contributed by atoms with Gasteiger partial charge in [-0.3, -0.25) is 4.79 Å². The molecule has 0 aliphatic rings. The number of esters is 1. The van der Waals surface area contributed by atoms with E-state index in [0.717, 1.165) is 4.47 Å². The van der Waals surface area contributed by atoms with E-state index in [4.69, 9.17) is 0 Å². The van der Waals surface area contributed by atoms with Crippen LogP contribution in [0.4, 0.5) is 0 Å². The highest BCUT2D eigenvalue weighted by molar-refractivity contribution is 9.10. The van der Waals surface area contributed by atoms with E-state index in [-0.39, 0.29) is 5.91 Å². The van der Waals surface area contributed by atoms with Gasteiger partial charge in [-0.25, -0.2) is 4.79 Å². The summed E-state index contributed by atoms with van der Waals surface area (Å²) in [4.78, 5) is 23.2. The van der Waals surface area contributed by atoms with Gasteiger partial charge in [0.1, 0.15) is 10.9 Å². The molecule has 0 aliphatic heterocycles. The Hall–Kier alpha value is -0.880. The average molecular weight is 292 g/mol. The largest absolute Gasteiger partial charge is 0.467 e. The highest BCUT2D eigenvalue weighted by Crippen LogP contribution is 2.22. The van der Waals surface area contributed by atoms with Crippen LogP contribution in [0.25, 0.3) is 0 Å². The molecule has 1 atom stereocenters. The number of ether oxygens (including phenoxy) is 1. The van der Waals surface area contributed by atoms with Crippen molar-refractivity contribution >= 4 is 39.1 Å². The summed E-state index contributed by atoms with van der Waals surface area (Å²) in [6.07, 6.45) is 0. The second kappa shape index (κ2) is 5.27. The minimum absolute atomic E-state index is 0.283. The van der Waals surface area contributed by atoms with Gasteiger partial charge >= 0.3 is 5.97 Å². The number of carbonyl (C=O) groups excluding carboxylic acids is 2. The third-order valence-corrected chi connectivity index (χ3v) is 3.56. The van der Waals surface area contributed by atoms with Crippen LogP contribution >= 0.6 is 27.3 Å². The molecule has 0 fully saturated rings. The SMILES string of the molecule is COC(=O)C(C)NC(=O)c1sccc1Br. The molecule has 1 N–H and O–H groups in total. The molecule has 82 valence electrons. The van der Waals surface area contributed by atoms with E-state index < -0.39 is 12.0 Å². The van der Waals surface area contributed by atoms with E-state index in [2.05, 4.69) is 26.0 Å². The smallest absolute Gasteiger partial charge is 0.328 e. The van der Waals surface area contributed by atoms with Crippen LogP contribution in [0, 0.1) is 0 Å². The third kappa shape index (κ3) is 3.04. The first-order chi connectivity index (χ1) is 7.06. The molecule has 1 heterocycles. The zero-order chi connectivity index (χ0) is 11.4. The summed E-state index contributed by atoms with van der Waals surface area (Å²) in [7, 11) is 1.28. The van der Waals surface area contributed by atoms with Gasteiger partial charge in [-0.05, 0) is 34.3 Å². The predicted molar refractivity (Wildman–Crippen MR) is 61.0 cm³/mol. The Labute approximate surface area is 99.8 Å². The first-order valence-corrected chi connectivity index (χ1v) is 5.85. The van der Waals surface area contributed by atoms with Crippen molar-refractivity contribution in [3.05, 3.63) is 20.8 Å². The van der Waals surface area contributed by atoms with E-state index in [1.165, 1.54) is 18.4 Å². The summed E-state index contributed by atoms with van der Waals surface area (Å²) in [5.74, 6) is -0.745. The number of halogens is 1. The predicted octanol–water partition coefficient (Wildman–Crippen LogP) is 1.80. The van der Waals surface area contributed by atoms with Crippen LogP contribution < -0.4 is 5.32 Å². The summed E-state index contributed by atoms with van der Waals surface area (Å²) in [5, 5.41) is 4.33. The molecule has 0 aliphatic carbocycles. The molecule has 0 saturated carbocycles. The zero-order valence-electron chi connectivity index (χ0n) is 8.24. The minimum Gasteiger partial charge on any atom is -0.467 e. The number of thiophene rings is 1. The van der Waals surface area contributed by atoms with Crippen molar-refractivity contribution in [3.63, 3.8) is 0 Å². The van der Waals surface area contributed by atoms with Crippen molar-refractivity contribution < 1.29 is 14.3 Å². The third-order valence-electron chi connectivity index (χ3n) is 1.73. The van der Waals surface area contributed by atoms with E-state index in [1.54, 1.807) is 18.4 Å². The Morgan fingerprint density at radius 3 is 2.73 bits per heavy atom. The maximum atomic E-state index is 11.6. The van der Waals surface area contributed by atoms with E-state index >= 15 is 0 Å². The number of amides is 1. The van der Waals surface area contributed by atoms with Crippen LogP contribution in [0.1, 0.15) is 16.6 Å². The summed E-state index contributed by atoms with van der Waals surface area (Å²) < 4.78 is 5.22. The van der Waals surface area contributed by atoms with Gasteiger partial charge in [0.25, 0.3) is 5.91 Å². The molecule has 1 aromatic rings. The lowest BCUT2D eigenvalue weighted by Crippen LogP contribution is -2.38. The number of rotatable bonds is 3. The highest BCUT2D eigenvalue weighted by Gasteiger charge is 2.18. The van der Waals surface area contributed by atoms with Gasteiger partial charge in [-0.2, -0.15) is 0 Å². The fourth-order valence-electron chi connectivity index (χ4n) is 0.954. The van der Waals surface area contributed by atoms with Gasteiger partial charge in [-0.1, -0.05) is 0 Å². The number of hydrogen-bond acceptors (Lipinski definition) is 4. The van der Waals surface area contributed by atoms with Gasteiger partial charge in [-0.15, -0.1) is 11.3 Å². The number of methoxy groups -OCH3 is 1. The second-order valence-electron chi connectivity index (χ2n) is 2.82. The molecule has 1 rings (SSSR count). The lowest BCUT2D eigenvalue weighted by atomic mass is 10.3. The van der Waals surface area contributed by atoms with Gasteiger partial charge in [0.2, 0.25) is 0 Å². The van der Waals surface area contributed by atoms with Crippen LogP contribution in [-0.4, -0.2) is 25.0 Å². The average Bonchev–Trinajstić information content (AvgIpc) is 2.63. The Morgan fingerprint density at radius 2 is 2.27 bits per heavy atom. The first-order valence-electron chi connectivity index (χ1n) is 4.18. The van der Waals surface area contributed by atoms with E-state index in [1.807, 2.05) is 0 Å². The summed E-state index contributed by atoms with van der Waals surface area (Å²) in [6, 6.07) is 1.14. The summed E-state index contributed by atoms with van der Waals surface area (Å²) >= 11 is 4.55. The van der Waals surface area contributed by atoms with Crippen molar-refractivity contribution in [1.82, 2.24) is 5.32 Å². The topological polar surface area (TPSA) is 55.4 Å². The lowest BCUT2D eigenvalue weighted by Gasteiger charge is -2.10. The van der Waals surface area contributed by atoms with Gasteiger partial charge in [0.15, 0.2) is 0 Å². The molecule has 4 nitrogen and oxygen atoms in total. The van der Waals surface area contributed by atoms with Crippen molar-refractivity contribution in [2.75, 3.05) is 7.11 Å². The van der Waals surface area contributed by atoms with E-state index in [0.29, 0.717) is 4.88 Å². The molecule has 15 heavy (non-hydrogen) atoms. The Morgan fingerprint density at radius 1 is 1.60 bits per heavy atom. The van der Waals surface area contributed by atoms with E-state index in [9.17, 15) is 9.59 Å². The lowest BCUT2D eigenvalue weighted by molar-refractivity contribution is -0.142. The second-order valence-corrected chi connectivity index (χ2v) is 4.59. The summed E-state index contributed by atoms with van der Waals surface area (Å²) in [5.41, 5.74) is 0. The Kier molecular flexibility index (Phi) is 4.28. The fourth-order valence-corrected chi connectivity index (χ4v) is 2.41. The van der Waals surface area contributed by atoms with Crippen molar-refractivity contribution in [1.29, 1.82) is 0 Å². The first kappa shape index (κ1) is 12.2. The van der Waals surface area contributed by atoms with Crippen LogP contribution in [0.15, 0.2) is 15.9 Å². The molecular weight excluding hydrogens is 282 g/mol. The monoisotopic (exact) mass is 291 g/mol. The fraction of sp³-hybridized carbons (Fsp3) is 0.333. The molecule has 1 amide bonds. The molecule has 6 heteroatoms. The summed E-state index contributed by atoms with van der Waals surface area (Å²) in [6.45, 7) is 1.57. The Bertz CT molecular complexity index is 377. The van der Waals surface area contributed by atoms with Gasteiger partial charge in [0, 0.05) is 4.47 Å². The van der Waals surface area contributed by atoms with Crippen LogP contribution in [-0.2, 0) is 9.53 Å². The van der Waals surface area contributed by atoms with Crippen molar-refractivity contribution in [2.45, 2.75) is 13.0 Å². The molecule has 1 unspecified atom stereocenters. The standard InChI is InChI=1S/C9H10BrNO3S/c1-5(9(13)14-2)11-8(12)7-6(10)3-4-15-7/h3-5H,1-2H3,(H,11,12). The number of hydrogen-bond donors (Lipinski definition) is 1. The van der Waals surface area contributed by atoms with Crippen LogP contribution in [0.3, 0.4) is 0 Å². The molecule has 1 aromatic heterocycles. The van der Waals surface area contributed by atoms with Gasteiger partial charge < -0.3 is 10.1 Å². The molecule has 0 bridgehead atoms. The number of carbonyl (C=O) groups is 2.